The van der Waals surface area contributed by atoms with Crippen molar-refractivity contribution in [1.82, 2.24) is 9.80 Å². The highest BCUT2D eigenvalue weighted by Crippen LogP contribution is 2.08. The lowest BCUT2D eigenvalue weighted by Gasteiger charge is -2.21. The molecule has 1 heterocycles. The number of hydrogen-bond donors (Lipinski definition) is 0. The molecule has 4 nitrogen and oxygen atoms in total. The minimum atomic E-state index is 0.161. The smallest absolute Gasteiger partial charge is 0.176 e. The van der Waals surface area contributed by atoms with Crippen LogP contribution in [0.5, 0.6) is 0 Å². The second-order valence-electron chi connectivity index (χ2n) is 6.48. The van der Waals surface area contributed by atoms with Crippen molar-refractivity contribution in [2.45, 2.75) is 6.42 Å². The van der Waals surface area contributed by atoms with Crippen LogP contribution in [0, 0.1) is 0 Å². The molecule has 1 saturated heterocycles. The normalized spacial score (nSPS) is 16.3. The van der Waals surface area contributed by atoms with E-state index >= 15 is 0 Å². The van der Waals surface area contributed by atoms with E-state index in [1.54, 1.807) is 0 Å². The Morgan fingerprint density at radius 2 is 1.04 bits per heavy atom. The summed E-state index contributed by atoms with van der Waals surface area (Å²) in [6.45, 7) is 4.33. The molecule has 2 aromatic rings. The second-order valence-corrected chi connectivity index (χ2v) is 6.48. The molecule has 0 aliphatic carbocycles. The number of carbonyl (C=O) groups excluding carboxylic acids is 2. The zero-order valence-electron chi connectivity index (χ0n) is 14.4. The maximum atomic E-state index is 12.4. The van der Waals surface area contributed by atoms with E-state index in [9.17, 15) is 9.59 Å². The van der Waals surface area contributed by atoms with Gasteiger partial charge in [-0.05, 0) is 19.5 Å². The van der Waals surface area contributed by atoms with E-state index in [1.165, 1.54) is 0 Å². The maximum absolute atomic E-state index is 12.4. The average Bonchev–Trinajstić information content (AvgIpc) is 2.88. The summed E-state index contributed by atoms with van der Waals surface area (Å²) in [5, 5.41) is 0. The molecular formula is C21H24N2O2. The Morgan fingerprint density at radius 1 is 0.640 bits per heavy atom. The van der Waals surface area contributed by atoms with Crippen LogP contribution in [0.4, 0.5) is 0 Å². The Kier molecular flexibility index (Phi) is 6.09. The first-order valence-corrected chi connectivity index (χ1v) is 8.83. The minimum absolute atomic E-state index is 0.161. The average molecular weight is 336 g/mol. The number of rotatable bonds is 6. The predicted octanol–water partition coefficient (Wildman–Crippen LogP) is 2.76. The fourth-order valence-corrected chi connectivity index (χ4v) is 3.18. The van der Waals surface area contributed by atoms with Crippen LogP contribution in [0.1, 0.15) is 27.1 Å². The molecule has 0 amide bonds. The molecule has 0 N–H and O–H groups in total. The number of carbonyl (C=O) groups is 2. The van der Waals surface area contributed by atoms with Gasteiger partial charge in [0, 0.05) is 24.2 Å². The highest BCUT2D eigenvalue weighted by Gasteiger charge is 2.19. The van der Waals surface area contributed by atoms with Crippen LogP contribution in [0.2, 0.25) is 0 Å². The van der Waals surface area contributed by atoms with Crippen molar-refractivity contribution in [3.05, 3.63) is 71.8 Å². The molecule has 1 aliphatic heterocycles. The van der Waals surface area contributed by atoms with E-state index in [-0.39, 0.29) is 11.6 Å². The minimum Gasteiger partial charge on any atom is -0.294 e. The molecular weight excluding hydrogens is 312 g/mol. The van der Waals surface area contributed by atoms with Gasteiger partial charge in [0.05, 0.1) is 13.1 Å². The Balaban J connectivity index is 1.50. The third-order valence-electron chi connectivity index (χ3n) is 4.61. The summed E-state index contributed by atoms with van der Waals surface area (Å²) >= 11 is 0. The lowest BCUT2D eigenvalue weighted by Crippen LogP contribution is -2.36. The molecule has 4 heteroatoms. The molecule has 0 aromatic heterocycles. The summed E-state index contributed by atoms with van der Waals surface area (Å²) in [6, 6.07) is 18.9. The van der Waals surface area contributed by atoms with Gasteiger partial charge >= 0.3 is 0 Å². The van der Waals surface area contributed by atoms with Gasteiger partial charge in [0.2, 0.25) is 0 Å². The fourth-order valence-electron chi connectivity index (χ4n) is 3.18. The Morgan fingerprint density at radius 3 is 1.44 bits per heavy atom. The quantitative estimate of drug-likeness (QED) is 0.761. The van der Waals surface area contributed by atoms with Gasteiger partial charge in [-0.1, -0.05) is 60.7 Å². The third-order valence-corrected chi connectivity index (χ3v) is 4.61. The Labute approximate surface area is 149 Å². The van der Waals surface area contributed by atoms with E-state index in [0.717, 1.165) is 43.7 Å². The van der Waals surface area contributed by atoms with E-state index in [1.807, 2.05) is 60.7 Å². The maximum Gasteiger partial charge on any atom is 0.176 e. The first-order chi connectivity index (χ1) is 12.2. The van der Waals surface area contributed by atoms with E-state index < -0.39 is 0 Å². The van der Waals surface area contributed by atoms with Crippen molar-refractivity contribution in [1.29, 1.82) is 0 Å². The Hall–Kier alpha value is -2.30. The molecule has 0 radical (unpaired) electrons. The molecule has 0 spiro atoms. The molecule has 1 fully saturated rings. The van der Waals surface area contributed by atoms with Crippen LogP contribution in [0.15, 0.2) is 60.7 Å². The van der Waals surface area contributed by atoms with Crippen LogP contribution < -0.4 is 0 Å². The summed E-state index contributed by atoms with van der Waals surface area (Å²) in [5.74, 6) is 0.323. The summed E-state index contributed by atoms with van der Waals surface area (Å²) < 4.78 is 0. The lowest BCUT2D eigenvalue weighted by molar-refractivity contribution is 0.0910. The zero-order chi connectivity index (χ0) is 17.5. The van der Waals surface area contributed by atoms with Crippen molar-refractivity contribution >= 4 is 11.6 Å². The van der Waals surface area contributed by atoms with Crippen LogP contribution in [-0.2, 0) is 0 Å². The molecule has 0 saturated carbocycles. The van der Waals surface area contributed by atoms with Gasteiger partial charge in [-0.25, -0.2) is 0 Å². The number of ketones is 2. The Bertz CT molecular complexity index is 639. The van der Waals surface area contributed by atoms with E-state index in [4.69, 9.17) is 0 Å². The largest absolute Gasteiger partial charge is 0.294 e. The first kappa shape index (κ1) is 17.5. The van der Waals surface area contributed by atoms with Crippen molar-refractivity contribution in [3.63, 3.8) is 0 Å². The SMILES string of the molecule is O=C(CN1CCCN(CC(=O)c2ccccc2)CC1)c1ccccc1. The molecule has 0 unspecified atom stereocenters. The topological polar surface area (TPSA) is 40.6 Å². The van der Waals surface area contributed by atoms with Crippen molar-refractivity contribution in [3.8, 4) is 0 Å². The van der Waals surface area contributed by atoms with E-state index in [0.29, 0.717) is 13.1 Å². The van der Waals surface area contributed by atoms with E-state index in [2.05, 4.69) is 9.80 Å². The molecule has 0 bridgehead atoms. The number of hydrogen-bond acceptors (Lipinski definition) is 4. The van der Waals surface area contributed by atoms with Gasteiger partial charge in [-0.15, -0.1) is 0 Å². The number of benzene rings is 2. The highest BCUT2D eigenvalue weighted by molar-refractivity contribution is 5.98. The molecule has 25 heavy (non-hydrogen) atoms. The first-order valence-electron chi connectivity index (χ1n) is 8.83. The van der Waals surface area contributed by atoms with Crippen molar-refractivity contribution in [2.24, 2.45) is 0 Å². The lowest BCUT2D eigenvalue weighted by atomic mass is 10.1. The van der Waals surface area contributed by atoms with Gasteiger partial charge in [0.15, 0.2) is 11.6 Å². The van der Waals surface area contributed by atoms with Gasteiger partial charge in [-0.3, -0.25) is 19.4 Å². The monoisotopic (exact) mass is 336 g/mol. The molecule has 0 atom stereocenters. The van der Waals surface area contributed by atoms with Crippen LogP contribution >= 0.6 is 0 Å². The second kappa shape index (κ2) is 8.70. The summed E-state index contributed by atoms with van der Waals surface area (Å²) in [7, 11) is 0. The summed E-state index contributed by atoms with van der Waals surface area (Å²) in [6.07, 6.45) is 0.976. The number of Topliss-reactive ketones (excluding diaryl/α,β-unsaturated/α-hetero) is 2. The van der Waals surface area contributed by atoms with Gasteiger partial charge in [0.25, 0.3) is 0 Å². The predicted molar refractivity (Wildman–Crippen MR) is 99.0 cm³/mol. The molecule has 1 aliphatic rings. The van der Waals surface area contributed by atoms with Gasteiger partial charge in [-0.2, -0.15) is 0 Å². The zero-order valence-corrected chi connectivity index (χ0v) is 14.4. The molecule has 130 valence electrons. The number of nitrogens with zero attached hydrogens (tertiary/aromatic N) is 2. The van der Waals surface area contributed by atoms with Gasteiger partial charge < -0.3 is 0 Å². The van der Waals surface area contributed by atoms with Crippen LogP contribution in [0.25, 0.3) is 0 Å². The third kappa shape index (κ3) is 5.08. The van der Waals surface area contributed by atoms with Gasteiger partial charge in [0.1, 0.15) is 0 Å². The van der Waals surface area contributed by atoms with Crippen LogP contribution in [-0.4, -0.2) is 60.6 Å². The highest BCUT2D eigenvalue weighted by atomic mass is 16.1. The summed E-state index contributed by atoms with van der Waals surface area (Å²) in [4.78, 5) is 29.1. The molecule has 2 aromatic carbocycles. The molecule has 3 rings (SSSR count). The van der Waals surface area contributed by atoms with Crippen molar-refractivity contribution < 1.29 is 9.59 Å². The van der Waals surface area contributed by atoms with Crippen LogP contribution in [0.3, 0.4) is 0 Å². The summed E-state index contributed by atoms with van der Waals surface area (Å²) in [5.41, 5.74) is 1.53. The van der Waals surface area contributed by atoms with Crippen molar-refractivity contribution in [2.75, 3.05) is 39.3 Å². The fraction of sp³-hybridized carbons (Fsp3) is 0.333. The standard InChI is InChI=1S/C21H24N2O2/c24-20(18-8-3-1-4-9-18)16-22-12-7-13-23(15-14-22)17-21(25)19-10-5-2-6-11-19/h1-6,8-11H,7,12-17H2.